The minimum absolute atomic E-state index is 0.0130. The lowest BCUT2D eigenvalue weighted by Gasteiger charge is -2.19. The molecule has 0 saturated heterocycles. The van der Waals surface area contributed by atoms with Gasteiger partial charge in [0.1, 0.15) is 0 Å². The quantitative estimate of drug-likeness (QED) is 0.913. The summed E-state index contributed by atoms with van der Waals surface area (Å²) in [6.45, 7) is 2.89. The van der Waals surface area contributed by atoms with Crippen molar-refractivity contribution in [2.45, 2.75) is 13.0 Å². The summed E-state index contributed by atoms with van der Waals surface area (Å²) in [6, 6.07) is 11.5. The minimum atomic E-state index is -0.0130. The van der Waals surface area contributed by atoms with Crippen LogP contribution in [-0.2, 0) is 0 Å². The first-order chi connectivity index (χ1) is 8.72. The summed E-state index contributed by atoms with van der Waals surface area (Å²) in [5.74, 6) is 0. The highest BCUT2D eigenvalue weighted by Gasteiger charge is 2.16. The van der Waals surface area contributed by atoms with Crippen LogP contribution in [0.3, 0.4) is 0 Å². The summed E-state index contributed by atoms with van der Waals surface area (Å²) in [7, 11) is 0. The molecule has 94 valence electrons. The van der Waals surface area contributed by atoms with Gasteiger partial charge in [0, 0.05) is 11.2 Å². The molecule has 1 N–H and O–H groups in total. The van der Waals surface area contributed by atoms with Gasteiger partial charge < -0.3 is 5.32 Å². The van der Waals surface area contributed by atoms with Crippen LogP contribution >= 0.6 is 23.2 Å². The van der Waals surface area contributed by atoms with Crippen molar-refractivity contribution in [3.8, 4) is 0 Å². The predicted octanol–water partition coefficient (Wildman–Crippen LogP) is 4.09. The van der Waals surface area contributed by atoms with Gasteiger partial charge in [-0.15, -0.1) is 0 Å². The number of pyridine rings is 1. The molecule has 0 saturated carbocycles. The van der Waals surface area contributed by atoms with Crippen LogP contribution < -0.4 is 5.32 Å². The van der Waals surface area contributed by atoms with Gasteiger partial charge in [-0.2, -0.15) is 0 Å². The molecular formula is C14H14Cl2N2. The van der Waals surface area contributed by atoms with E-state index >= 15 is 0 Å². The van der Waals surface area contributed by atoms with E-state index in [9.17, 15) is 0 Å². The van der Waals surface area contributed by atoms with Crippen LogP contribution in [-0.4, -0.2) is 11.5 Å². The maximum Gasteiger partial charge on any atom is 0.0765 e. The molecule has 0 radical (unpaired) electrons. The fraction of sp³-hybridized carbons (Fsp3) is 0.214. The molecule has 1 aromatic carbocycles. The van der Waals surface area contributed by atoms with Crippen molar-refractivity contribution in [3.05, 3.63) is 63.9 Å². The number of halogens is 2. The van der Waals surface area contributed by atoms with Gasteiger partial charge in [-0.3, -0.25) is 4.98 Å². The van der Waals surface area contributed by atoms with Gasteiger partial charge in [-0.1, -0.05) is 48.3 Å². The molecule has 0 fully saturated rings. The highest BCUT2D eigenvalue weighted by atomic mass is 35.5. The molecule has 4 heteroatoms. The van der Waals surface area contributed by atoms with Gasteiger partial charge in [-0.05, 0) is 30.3 Å². The predicted molar refractivity (Wildman–Crippen MR) is 76.2 cm³/mol. The summed E-state index contributed by atoms with van der Waals surface area (Å²) in [5, 5.41) is 4.75. The van der Waals surface area contributed by atoms with Crippen LogP contribution in [0.25, 0.3) is 0 Å². The SMILES string of the molecule is CCNC(c1ccc(Cl)cn1)c1ccccc1Cl. The highest BCUT2D eigenvalue weighted by molar-refractivity contribution is 6.31. The smallest absolute Gasteiger partial charge is 0.0765 e. The minimum Gasteiger partial charge on any atom is -0.305 e. The zero-order chi connectivity index (χ0) is 13.0. The summed E-state index contributed by atoms with van der Waals surface area (Å²) >= 11 is 12.1. The second kappa shape index (κ2) is 6.19. The molecule has 1 aromatic heterocycles. The Morgan fingerprint density at radius 1 is 1.17 bits per heavy atom. The standard InChI is InChI=1S/C14H14Cl2N2/c1-2-17-14(11-5-3-4-6-12(11)16)13-8-7-10(15)9-18-13/h3-9,14,17H,2H2,1H3. The maximum atomic E-state index is 6.24. The van der Waals surface area contributed by atoms with E-state index < -0.39 is 0 Å². The molecular weight excluding hydrogens is 267 g/mol. The van der Waals surface area contributed by atoms with Crippen molar-refractivity contribution < 1.29 is 0 Å². The molecule has 1 unspecified atom stereocenters. The molecule has 1 atom stereocenters. The Bertz CT molecular complexity index is 511. The second-order valence-corrected chi connectivity index (χ2v) is 4.76. The summed E-state index contributed by atoms with van der Waals surface area (Å²) in [6.07, 6.45) is 1.65. The third-order valence-electron chi connectivity index (χ3n) is 2.67. The third kappa shape index (κ3) is 3.02. The van der Waals surface area contributed by atoms with E-state index in [0.717, 1.165) is 22.8 Å². The van der Waals surface area contributed by atoms with Crippen molar-refractivity contribution in [1.82, 2.24) is 10.3 Å². The number of hydrogen-bond donors (Lipinski definition) is 1. The van der Waals surface area contributed by atoms with E-state index in [-0.39, 0.29) is 6.04 Å². The van der Waals surface area contributed by atoms with E-state index in [4.69, 9.17) is 23.2 Å². The molecule has 0 amide bonds. The average Bonchev–Trinajstić information content (AvgIpc) is 2.38. The number of rotatable bonds is 4. The summed E-state index contributed by atoms with van der Waals surface area (Å²) in [5.41, 5.74) is 1.94. The van der Waals surface area contributed by atoms with Crippen molar-refractivity contribution in [2.75, 3.05) is 6.54 Å². The van der Waals surface area contributed by atoms with Crippen LogP contribution in [0.5, 0.6) is 0 Å². The Hall–Kier alpha value is -1.09. The van der Waals surface area contributed by atoms with Crippen LogP contribution in [0.15, 0.2) is 42.6 Å². The molecule has 2 aromatic rings. The molecule has 0 aliphatic carbocycles. The lowest BCUT2D eigenvalue weighted by atomic mass is 10.0. The first-order valence-corrected chi connectivity index (χ1v) is 6.57. The summed E-state index contributed by atoms with van der Waals surface area (Å²) < 4.78 is 0. The molecule has 0 bridgehead atoms. The molecule has 0 spiro atoms. The molecule has 18 heavy (non-hydrogen) atoms. The van der Waals surface area contributed by atoms with E-state index in [1.165, 1.54) is 0 Å². The van der Waals surface area contributed by atoms with Gasteiger partial charge in [0.15, 0.2) is 0 Å². The zero-order valence-electron chi connectivity index (χ0n) is 10.0. The van der Waals surface area contributed by atoms with Gasteiger partial charge in [-0.25, -0.2) is 0 Å². The Labute approximate surface area is 117 Å². The Kier molecular flexibility index (Phi) is 4.59. The third-order valence-corrected chi connectivity index (χ3v) is 3.24. The summed E-state index contributed by atoms with van der Waals surface area (Å²) in [4.78, 5) is 4.36. The highest BCUT2D eigenvalue weighted by Crippen LogP contribution is 2.27. The Balaban J connectivity index is 2.40. The molecule has 1 heterocycles. The first kappa shape index (κ1) is 13.3. The van der Waals surface area contributed by atoms with E-state index in [1.807, 2.05) is 36.4 Å². The number of nitrogens with one attached hydrogen (secondary N) is 1. The fourth-order valence-corrected chi connectivity index (χ4v) is 2.20. The normalized spacial score (nSPS) is 12.4. The van der Waals surface area contributed by atoms with Crippen molar-refractivity contribution in [2.24, 2.45) is 0 Å². The average molecular weight is 281 g/mol. The van der Waals surface area contributed by atoms with Crippen LogP contribution in [0.2, 0.25) is 10.0 Å². The second-order valence-electron chi connectivity index (χ2n) is 3.91. The van der Waals surface area contributed by atoms with E-state index in [2.05, 4.69) is 17.2 Å². The zero-order valence-corrected chi connectivity index (χ0v) is 11.5. The van der Waals surface area contributed by atoms with E-state index in [0.29, 0.717) is 5.02 Å². The lowest BCUT2D eigenvalue weighted by molar-refractivity contribution is 0.616. The fourth-order valence-electron chi connectivity index (χ4n) is 1.85. The Morgan fingerprint density at radius 2 is 1.94 bits per heavy atom. The van der Waals surface area contributed by atoms with Crippen LogP contribution in [0.4, 0.5) is 0 Å². The van der Waals surface area contributed by atoms with E-state index in [1.54, 1.807) is 6.20 Å². The van der Waals surface area contributed by atoms with Gasteiger partial charge in [0.05, 0.1) is 16.8 Å². The van der Waals surface area contributed by atoms with Crippen molar-refractivity contribution in [1.29, 1.82) is 0 Å². The Morgan fingerprint density at radius 3 is 2.56 bits per heavy atom. The van der Waals surface area contributed by atoms with Gasteiger partial charge in [0.25, 0.3) is 0 Å². The number of benzene rings is 1. The number of aromatic nitrogens is 1. The molecule has 2 nitrogen and oxygen atoms in total. The largest absolute Gasteiger partial charge is 0.305 e. The molecule has 0 aliphatic rings. The lowest BCUT2D eigenvalue weighted by Crippen LogP contribution is -2.23. The number of nitrogens with zero attached hydrogens (tertiary/aromatic N) is 1. The molecule has 2 rings (SSSR count). The van der Waals surface area contributed by atoms with Crippen molar-refractivity contribution in [3.63, 3.8) is 0 Å². The monoisotopic (exact) mass is 280 g/mol. The molecule has 0 aliphatic heterocycles. The topological polar surface area (TPSA) is 24.9 Å². The van der Waals surface area contributed by atoms with Crippen LogP contribution in [0.1, 0.15) is 24.2 Å². The van der Waals surface area contributed by atoms with Gasteiger partial charge >= 0.3 is 0 Å². The first-order valence-electron chi connectivity index (χ1n) is 5.81. The van der Waals surface area contributed by atoms with Crippen molar-refractivity contribution >= 4 is 23.2 Å². The van der Waals surface area contributed by atoms with Crippen LogP contribution in [0, 0.1) is 0 Å². The maximum absolute atomic E-state index is 6.24. The van der Waals surface area contributed by atoms with Gasteiger partial charge in [0.2, 0.25) is 0 Å². The number of hydrogen-bond acceptors (Lipinski definition) is 2.